The van der Waals surface area contributed by atoms with E-state index in [-0.39, 0.29) is 17.2 Å². The molecule has 2 aromatic carbocycles. The Morgan fingerprint density at radius 2 is 1.64 bits per heavy atom. The molecule has 146 valence electrons. The Balaban J connectivity index is 1.88. The van der Waals surface area contributed by atoms with Crippen LogP contribution < -0.4 is 4.90 Å². The predicted octanol–water partition coefficient (Wildman–Crippen LogP) is 6.90. The molecule has 0 aliphatic carbocycles. The molecule has 28 heavy (non-hydrogen) atoms. The zero-order valence-corrected chi connectivity index (χ0v) is 18.2. The van der Waals surface area contributed by atoms with Gasteiger partial charge in [0, 0.05) is 16.2 Å². The number of carbonyl (C=O) groups excluding carboxylic acids is 1. The smallest absolute Gasteiger partial charge is 0.229 e. The van der Waals surface area contributed by atoms with Crippen LogP contribution in [0.4, 0.5) is 5.69 Å². The molecule has 0 unspecified atom stereocenters. The van der Waals surface area contributed by atoms with Gasteiger partial charge in [0.2, 0.25) is 5.91 Å². The number of carbonyl (C=O) groups is 1. The van der Waals surface area contributed by atoms with E-state index in [0.29, 0.717) is 6.54 Å². The fourth-order valence-corrected chi connectivity index (χ4v) is 4.03. The minimum Gasteiger partial charge on any atom is -0.307 e. The summed E-state index contributed by atoms with van der Waals surface area (Å²) in [6, 6.07) is 21.1. The van der Waals surface area contributed by atoms with Gasteiger partial charge in [-0.2, -0.15) is 0 Å². The lowest BCUT2D eigenvalue weighted by Gasteiger charge is -2.24. The topological polar surface area (TPSA) is 20.3 Å². The number of thiophene rings is 1. The number of rotatable bonds is 5. The maximum absolute atomic E-state index is 13.0. The SMILES string of the molecule is CC(C)C(=O)N(Cc1ccc(C(C)(C)C)cc1)c1csc(-c2ccccc2)c1. The first-order valence-electron chi connectivity index (χ1n) is 9.80. The fraction of sp³-hybridized carbons (Fsp3) is 0.320. The van der Waals surface area contributed by atoms with Crippen molar-refractivity contribution < 1.29 is 4.79 Å². The molecule has 0 bridgehead atoms. The minimum atomic E-state index is -0.0473. The molecule has 3 aromatic rings. The maximum Gasteiger partial charge on any atom is 0.229 e. The van der Waals surface area contributed by atoms with E-state index < -0.39 is 0 Å². The first-order valence-corrected chi connectivity index (χ1v) is 10.7. The Hall–Kier alpha value is -2.39. The van der Waals surface area contributed by atoms with Gasteiger partial charge in [0.05, 0.1) is 12.2 Å². The minimum absolute atomic E-state index is 0.0473. The van der Waals surface area contributed by atoms with Crippen LogP contribution in [0.15, 0.2) is 66.0 Å². The van der Waals surface area contributed by atoms with Gasteiger partial charge in [0.25, 0.3) is 0 Å². The number of hydrogen-bond acceptors (Lipinski definition) is 2. The summed E-state index contributed by atoms with van der Waals surface area (Å²) in [5.41, 5.74) is 4.74. The van der Waals surface area contributed by atoms with E-state index in [1.54, 1.807) is 11.3 Å². The standard InChI is InChI=1S/C25H29NOS/c1-18(2)24(27)26(16-19-11-13-21(14-12-19)25(3,4)5)22-15-23(28-17-22)20-9-7-6-8-10-20/h6-15,17-18H,16H2,1-5H3. The third-order valence-electron chi connectivity index (χ3n) is 4.88. The van der Waals surface area contributed by atoms with Gasteiger partial charge in [-0.05, 0) is 28.2 Å². The van der Waals surface area contributed by atoms with Gasteiger partial charge in [0.15, 0.2) is 0 Å². The number of hydrogen-bond donors (Lipinski definition) is 0. The van der Waals surface area contributed by atoms with Crippen LogP contribution in [-0.4, -0.2) is 5.91 Å². The van der Waals surface area contributed by atoms with Gasteiger partial charge in [-0.1, -0.05) is 89.2 Å². The van der Waals surface area contributed by atoms with E-state index in [1.165, 1.54) is 16.0 Å². The van der Waals surface area contributed by atoms with Crippen molar-refractivity contribution in [3.8, 4) is 10.4 Å². The van der Waals surface area contributed by atoms with Crippen LogP contribution in [0, 0.1) is 5.92 Å². The molecule has 0 aliphatic heterocycles. The van der Waals surface area contributed by atoms with E-state index in [1.807, 2.05) is 36.9 Å². The average molecular weight is 392 g/mol. The molecular weight excluding hydrogens is 362 g/mol. The molecule has 0 saturated carbocycles. The van der Waals surface area contributed by atoms with Crippen LogP contribution in [0.25, 0.3) is 10.4 Å². The summed E-state index contributed by atoms with van der Waals surface area (Å²) in [4.78, 5) is 16.0. The van der Waals surface area contributed by atoms with Crippen molar-refractivity contribution in [2.24, 2.45) is 5.92 Å². The molecule has 0 radical (unpaired) electrons. The molecule has 1 heterocycles. The van der Waals surface area contributed by atoms with E-state index in [0.717, 1.165) is 11.3 Å². The first kappa shape index (κ1) is 20.3. The highest BCUT2D eigenvalue weighted by Gasteiger charge is 2.21. The highest BCUT2D eigenvalue weighted by atomic mass is 32.1. The second kappa shape index (κ2) is 8.32. The zero-order chi connectivity index (χ0) is 20.3. The number of nitrogens with zero attached hydrogens (tertiary/aromatic N) is 1. The molecule has 0 spiro atoms. The van der Waals surface area contributed by atoms with Crippen molar-refractivity contribution in [1.82, 2.24) is 0 Å². The second-order valence-corrected chi connectivity index (χ2v) is 9.47. The second-order valence-electron chi connectivity index (χ2n) is 8.56. The zero-order valence-electron chi connectivity index (χ0n) is 17.4. The van der Waals surface area contributed by atoms with Crippen LogP contribution in [0.2, 0.25) is 0 Å². The molecule has 1 aromatic heterocycles. The van der Waals surface area contributed by atoms with E-state index in [2.05, 4.69) is 68.6 Å². The van der Waals surface area contributed by atoms with Crippen molar-refractivity contribution in [3.05, 3.63) is 77.2 Å². The van der Waals surface area contributed by atoms with Crippen LogP contribution in [0.5, 0.6) is 0 Å². The predicted molar refractivity (Wildman–Crippen MR) is 121 cm³/mol. The molecule has 0 saturated heterocycles. The summed E-state index contributed by atoms with van der Waals surface area (Å²) in [7, 11) is 0. The van der Waals surface area contributed by atoms with E-state index >= 15 is 0 Å². The Morgan fingerprint density at radius 1 is 1.00 bits per heavy atom. The van der Waals surface area contributed by atoms with Crippen molar-refractivity contribution >= 4 is 22.9 Å². The summed E-state index contributed by atoms with van der Waals surface area (Å²) >= 11 is 1.68. The molecule has 3 heteroatoms. The lowest BCUT2D eigenvalue weighted by Crippen LogP contribution is -2.33. The first-order chi connectivity index (χ1) is 13.3. The highest BCUT2D eigenvalue weighted by molar-refractivity contribution is 7.14. The normalized spacial score (nSPS) is 11.6. The van der Waals surface area contributed by atoms with E-state index in [9.17, 15) is 4.79 Å². The Morgan fingerprint density at radius 3 is 2.21 bits per heavy atom. The number of anilines is 1. The largest absolute Gasteiger partial charge is 0.307 e. The van der Waals surface area contributed by atoms with Crippen LogP contribution in [0.1, 0.15) is 45.7 Å². The highest BCUT2D eigenvalue weighted by Crippen LogP contribution is 2.33. The van der Waals surface area contributed by atoms with Crippen LogP contribution >= 0.6 is 11.3 Å². The van der Waals surface area contributed by atoms with Crippen molar-refractivity contribution in [1.29, 1.82) is 0 Å². The third-order valence-corrected chi connectivity index (χ3v) is 5.84. The summed E-state index contributed by atoms with van der Waals surface area (Å²) in [5.74, 6) is 0.103. The van der Waals surface area contributed by atoms with Crippen LogP contribution in [0.3, 0.4) is 0 Å². The quantitative estimate of drug-likeness (QED) is 0.463. The van der Waals surface area contributed by atoms with Gasteiger partial charge in [-0.25, -0.2) is 0 Å². The van der Waals surface area contributed by atoms with Gasteiger partial charge in [-0.3, -0.25) is 4.79 Å². The number of amides is 1. The average Bonchev–Trinajstić information content (AvgIpc) is 3.16. The van der Waals surface area contributed by atoms with Crippen LogP contribution in [-0.2, 0) is 16.8 Å². The maximum atomic E-state index is 13.0. The fourth-order valence-electron chi connectivity index (χ4n) is 3.12. The lowest BCUT2D eigenvalue weighted by molar-refractivity contribution is -0.121. The summed E-state index contributed by atoms with van der Waals surface area (Å²) in [5, 5.41) is 2.09. The van der Waals surface area contributed by atoms with Gasteiger partial charge in [-0.15, -0.1) is 11.3 Å². The molecule has 1 amide bonds. The number of benzene rings is 2. The van der Waals surface area contributed by atoms with Crippen molar-refractivity contribution in [3.63, 3.8) is 0 Å². The van der Waals surface area contributed by atoms with Gasteiger partial charge < -0.3 is 4.90 Å². The monoisotopic (exact) mass is 391 g/mol. The van der Waals surface area contributed by atoms with Crippen molar-refractivity contribution in [2.75, 3.05) is 4.90 Å². The Labute approximate surface area is 172 Å². The molecule has 2 nitrogen and oxygen atoms in total. The van der Waals surface area contributed by atoms with Gasteiger partial charge >= 0.3 is 0 Å². The molecular formula is C25H29NOS. The molecule has 0 aliphatic rings. The summed E-state index contributed by atoms with van der Waals surface area (Å²) < 4.78 is 0. The molecule has 0 N–H and O–H groups in total. The lowest BCUT2D eigenvalue weighted by atomic mass is 9.87. The Kier molecular flexibility index (Phi) is 6.04. The molecule has 3 rings (SSSR count). The Bertz CT molecular complexity index is 917. The van der Waals surface area contributed by atoms with Gasteiger partial charge in [0.1, 0.15) is 0 Å². The summed E-state index contributed by atoms with van der Waals surface area (Å²) in [6.45, 7) is 11.2. The summed E-state index contributed by atoms with van der Waals surface area (Å²) in [6.07, 6.45) is 0. The molecule has 0 atom stereocenters. The van der Waals surface area contributed by atoms with E-state index in [4.69, 9.17) is 0 Å². The van der Waals surface area contributed by atoms with Crippen molar-refractivity contribution in [2.45, 2.75) is 46.6 Å². The third kappa shape index (κ3) is 4.71. The molecule has 0 fully saturated rings.